The van der Waals surface area contributed by atoms with Gasteiger partial charge in [0, 0.05) is 26.7 Å². The fourth-order valence-corrected chi connectivity index (χ4v) is 1.91. The standard InChI is InChI=1S/C11H23N3O.HI/c1-12-11(13-8-9-15-2)14-10-6-4-3-5-7-10;/h10H,3-9H2,1-2H3,(H2,12,13,14);1H. The maximum absolute atomic E-state index is 4.98. The van der Waals surface area contributed by atoms with Crippen LogP contribution in [0, 0.1) is 0 Å². The average Bonchev–Trinajstić information content (AvgIpc) is 2.29. The zero-order chi connectivity index (χ0) is 10.9. The number of methoxy groups -OCH3 is 1. The van der Waals surface area contributed by atoms with E-state index in [-0.39, 0.29) is 24.0 Å². The highest BCUT2D eigenvalue weighted by Gasteiger charge is 2.13. The van der Waals surface area contributed by atoms with Crippen LogP contribution in [0.3, 0.4) is 0 Å². The molecule has 1 fully saturated rings. The van der Waals surface area contributed by atoms with Gasteiger partial charge in [0.25, 0.3) is 0 Å². The lowest BCUT2D eigenvalue weighted by Gasteiger charge is -2.24. The highest BCUT2D eigenvalue weighted by molar-refractivity contribution is 14.0. The Bertz CT molecular complexity index is 194. The summed E-state index contributed by atoms with van der Waals surface area (Å²) in [7, 11) is 3.52. The molecule has 16 heavy (non-hydrogen) atoms. The topological polar surface area (TPSA) is 45.7 Å². The SMILES string of the molecule is CN=C(NCCOC)NC1CCCCC1.I. The first-order chi connectivity index (χ1) is 7.36. The van der Waals surface area contributed by atoms with E-state index in [1.54, 1.807) is 7.11 Å². The van der Waals surface area contributed by atoms with E-state index in [1.807, 2.05) is 7.05 Å². The normalized spacial score (nSPS) is 17.8. The molecule has 1 saturated carbocycles. The Balaban J connectivity index is 0.00000225. The number of rotatable bonds is 4. The summed E-state index contributed by atoms with van der Waals surface area (Å²) < 4.78 is 4.98. The summed E-state index contributed by atoms with van der Waals surface area (Å²) in [4.78, 5) is 4.19. The summed E-state index contributed by atoms with van der Waals surface area (Å²) in [5.41, 5.74) is 0. The van der Waals surface area contributed by atoms with Crippen molar-refractivity contribution in [2.45, 2.75) is 38.1 Å². The highest BCUT2D eigenvalue weighted by atomic mass is 127. The molecule has 2 N–H and O–H groups in total. The molecule has 0 heterocycles. The van der Waals surface area contributed by atoms with E-state index in [1.165, 1.54) is 32.1 Å². The first-order valence-corrected chi connectivity index (χ1v) is 5.83. The van der Waals surface area contributed by atoms with Gasteiger partial charge in [-0.25, -0.2) is 0 Å². The molecule has 0 atom stereocenters. The van der Waals surface area contributed by atoms with Crippen molar-refractivity contribution in [3.05, 3.63) is 0 Å². The van der Waals surface area contributed by atoms with Crippen molar-refractivity contribution in [3.63, 3.8) is 0 Å². The number of halogens is 1. The van der Waals surface area contributed by atoms with E-state index in [4.69, 9.17) is 4.74 Å². The first kappa shape index (κ1) is 16.0. The Labute approximate surface area is 116 Å². The summed E-state index contributed by atoms with van der Waals surface area (Å²) in [5, 5.41) is 6.68. The predicted octanol–water partition coefficient (Wildman–Crippen LogP) is 1.75. The van der Waals surface area contributed by atoms with Crippen molar-refractivity contribution >= 4 is 29.9 Å². The maximum atomic E-state index is 4.98. The highest BCUT2D eigenvalue weighted by Crippen LogP contribution is 2.16. The third-order valence-electron chi connectivity index (χ3n) is 2.77. The minimum atomic E-state index is 0. The summed E-state index contributed by atoms with van der Waals surface area (Å²) in [6, 6.07) is 0.604. The molecule has 5 heteroatoms. The molecule has 1 rings (SSSR count). The Morgan fingerprint density at radius 2 is 2.00 bits per heavy atom. The second kappa shape index (κ2) is 10.1. The van der Waals surface area contributed by atoms with Crippen LogP contribution in [-0.4, -0.2) is 39.3 Å². The first-order valence-electron chi connectivity index (χ1n) is 5.83. The molecule has 0 radical (unpaired) electrons. The quantitative estimate of drug-likeness (QED) is 0.354. The molecule has 0 aliphatic heterocycles. The lowest BCUT2D eigenvalue weighted by Crippen LogP contribution is -2.45. The average molecular weight is 341 g/mol. The van der Waals surface area contributed by atoms with Gasteiger partial charge in [-0.2, -0.15) is 0 Å². The molecule has 0 spiro atoms. The molecule has 0 unspecified atom stereocenters. The Hall–Kier alpha value is -0.0400. The summed E-state index contributed by atoms with van der Waals surface area (Å²) >= 11 is 0. The molecular formula is C11H24IN3O. The van der Waals surface area contributed by atoms with Gasteiger partial charge >= 0.3 is 0 Å². The van der Waals surface area contributed by atoms with E-state index in [0.29, 0.717) is 12.6 Å². The van der Waals surface area contributed by atoms with Crippen LogP contribution in [0.4, 0.5) is 0 Å². The van der Waals surface area contributed by atoms with Crippen LogP contribution in [0.1, 0.15) is 32.1 Å². The predicted molar refractivity (Wildman–Crippen MR) is 78.7 cm³/mol. The van der Waals surface area contributed by atoms with Gasteiger partial charge in [-0.05, 0) is 12.8 Å². The van der Waals surface area contributed by atoms with Crippen molar-refractivity contribution in [1.29, 1.82) is 0 Å². The van der Waals surface area contributed by atoms with Gasteiger partial charge in [-0.3, -0.25) is 4.99 Å². The second-order valence-corrected chi connectivity index (χ2v) is 3.97. The molecule has 0 amide bonds. The van der Waals surface area contributed by atoms with Crippen LogP contribution < -0.4 is 10.6 Å². The molecule has 1 aliphatic carbocycles. The number of aliphatic imine (C=N–C) groups is 1. The van der Waals surface area contributed by atoms with Crippen molar-refractivity contribution < 1.29 is 4.74 Å². The van der Waals surface area contributed by atoms with Crippen LogP contribution in [0.25, 0.3) is 0 Å². The lowest BCUT2D eigenvalue weighted by molar-refractivity contribution is 0.203. The molecule has 4 nitrogen and oxygen atoms in total. The Morgan fingerprint density at radius 1 is 1.31 bits per heavy atom. The summed E-state index contributed by atoms with van der Waals surface area (Å²) in [6.07, 6.45) is 6.60. The smallest absolute Gasteiger partial charge is 0.191 e. The lowest BCUT2D eigenvalue weighted by atomic mass is 9.96. The van der Waals surface area contributed by atoms with Crippen molar-refractivity contribution in [2.24, 2.45) is 4.99 Å². The third kappa shape index (κ3) is 6.52. The summed E-state index contributed by atoms with van der Waals surface area (Å²) in [5.74, 6) is 0.902. The molecule has 0 aromatic heterocycles. The number of guanidine groups is 1. The van der Waals surface area contributed by atoms with Crippen molar-refractivity contribution in [2.75, 3.05) is 27.3 Å². The third-order valence-corrected chi connectivity index (χ3v) is 2.77. The van der Waals surface area contributed by atoms with Crippen LogP contribution in [0.15, 0.2) is 4.99 Å². The Kier molecular flexibility index (Phi) is 10.1. The molecule has 1 aliphatic rings. The van der Waals surface area contributed by atoms with Crippen LogP contribution in [-0.2, 0) is 4.74 Å². The van der Waals surface area contributed by atoms with Crippen LogP contribution in [0.2, 0.25) is 0 Å². The van der Waals surface area contributed by atoms with Gasteiger partial charge < -0.3 is 15.4 Å². The van der Waals surface area contributed by atoms with E-state index in [2.05, 4.69) is 15.6 Å². The van der Waals surface area contributed by atoms with Gasteiger partial charge in [-0.15, -0.1) is 24.0 Å². The van der Waals surface area contributed by atoms with E-state index in [9.17, 15) is 0 Å². The fraction of sp³-hybridized carbons (Fsp3) is 0.909. The monoisotopic (exact) mass is 341 g/mol. The minimum absolute atomic E-state index is 0. The molecular weight excluding hydrogens is 317 g/mol. The van der Waals surface area contributed by atoms with Crippen LogP contribution in [0.5, 0.6) is 0 Å². The number of nitrogens with zero attached hydrogens (tertiary/aromatic N) is 1. The second-order valence-electron chi connectivity index (χ2n) is 3.97. The number of nitrogens with one attached hydrogen (secondary N) is 2. The molecule has 0 saturated heterocycles. The Morgan fingerprint density at radius 3 is 2.56 bits per heavy atom. The number of hydrogen-bond donors (Lipinski definition) is 2. The fourth-order valence-electron chi connectivity index (χ4n) is 1.91. The zero-order valence-electron chi connectivity index (χ0n) is 10.3. The van der Waals surface area contributed by atoms with Gasteiger partial charge in [-0.1, -0.05) is 19.3 Å². The van der Waals surface area contributed by atoms with E-state index < -0.39 is 0 Å². The van der Waals surface area contributed by atoms with Gasteiger partial charge in [0.2, 0.25) is 0 Å². The zero-order valence-corrected chi connectivity index (χ0v) is 12.6. The number of ether oxygens (including phenoxy) is 1. The van der Waals surface area contributed by atoms with Crippen molar-refractivity contribution in [1.82, 2.24) is 10.6 Å². The molecule has 0 aromatic rings. The van der Waals surface area contributed by atoms with E-state index in [0.717, 1.165) is 12.5 Å². The van der Waals surface area contributed by atoms with Gasteiger partial charge in [0.05, 0.1) is 6.61 Å². The molecule has 96 valence electrons. The number of hydrogen-bond acceptors (Lipinski definition) is 2. The van der Waals surface area contributed by atoms with Crippen LogP contribution >= 0.6 is 24.0 Å². The van der Waals surface area contributed by atoms with Gasteiger partial charge in [0.1, 0.15) is 0 Å². The molecule has 0 bridgehead atoms. The molecule has 0 aromatic carbocycles. The summed E-state index contributed by atoms with van der Waals surface area (Å²) in [6.45, 7) is 1.52. The van der Waals surface area contributed by atoms with E-state index >= 15 is 0 Å². The largest absolute Gasteiger partial charge is 0.383 e. The van der Waals surface area contributed by atoms with Gasteiger partial charge in [0.15, 0.2) is 5.96 Å². The van der Waals surface area contributed by atoms with Crippen molar-refractivity contribution in [3.8, 4) is 0 Å². The maximum Gasteiger partial charge on any atom is 0.191 e. The minimum Gasteiger partial charge on any atom is -0.383 e.